The lowest BCUT2D eigenvalue weighted by atomic mass is 10.2. The van der Waals surface area contributed by atoms with Crippen molar-refractivity contribution >= 4 is 38.8 Å². The van der Waals surface area contributed by atoms with Crippen LogP contribution in [0.25, 0.3) is 10.1 Å². The Labute approximate surface area is 144 Å². The fourth-order valence-electron chi connectivity index (χ4n) is 3.12. The van der Waals surface area contributed by atoms with Gasteiger partial charge in [-0.2, -0.15) is 0 Å². The zero-order valence-corrected chi connectivity index (χ0v) is 14.5. The second-order valence-corrected chi connectivity index (χ2v) is 7.60. The number of fused-ring (bicyclic) bond motifs is 1. The van der Waals surface area contributed by atoms with Crippen LogP contribution in [-0.4, -0.2) is 62.5 Å². The van der Waals surface area contributed by atoms with Crippen molar-refractivity contribution in [1.82, 2.24) is 9.88 Å². The van der Waals surface area contributed by atoms with Crippen molar-refractivity contribution in [2.45, 2.75) is 6.54 Å². The first-order chi connectivity index (χ1) is 11.3. The first-order valence-corrected chi connectivity index (χ1v) is 9.21. The first-order valence-electron chi connectivity index (χ1n) is 8.01. The van der Waals surface area contributed by atoms with E-state index in [0.717, 1.165) is 80.4 Å². The van der Waals surface area contributed by atoms with Crippen LogP contribution in [0.15, 0.2) is 12.1 Å². The van der Waals surface area contributed by atoms with E-state index in [-0.39, 0.29) is 0 Å². The Morgan fingerprint density at radius 2 is 1.74 bits per heavy atom. The van der Waals surface area contributed by atoms with Gasteiger partial charge >= 0.3 is 0 Å². The number of thiophene rings is 1. The third-order valence-electron chi connectivity index (χ3n) is 4.32. The van der Waals surface area contributed by atoms with Crippen molar-refractivity contribution in [3.8, 4) is 0 Å². The highest BCUT2D eigenvalue weighted by Gasteiger charge is 2.19. The van der Waals surface area contributed by atoms with E-state index < -0.39 is 0 Å². The van der Waals surface area contributed by atoms with E-state index in [9.17, 15) is 0 Å². The van der Waals surface area contributed by atoms with Crippen LogP contribution in [0.4, 0.5) is 5.82 Å². The minimum atomic E-state index is 0.759. The molecule has 124 valence electrons. The van der Waals surface area contributed by atoms with E-state index >= 15 is 0 Å². The molecule has 5 nitrogen and oxygen atoms in total. The summed E-state index contributed by atoms with van der Waals surface area (Å²) in [6.07, 6.45) is 0. The largest absolute Gasteiger partial charge is 0.379 e. The second-order valence-electron chi connectivity index (χ2n) is 5.89. The predicted molar refractivity (Wildman–Crippen MR) is 93.8 cm³/mol. The lowest BCUT2D eigenvalue weighted by Gasteiger charge is -2.30. The molecule has 4 heterocycles. The maximum Gasteiger partial charge on any atom is 0.137 e. The standard InChI is InChI=1S/C16H20ClN3O2S/c17-15-10-13-14(23-15)9-12(11-19-1-5-21-6-2-19)18-16(13)20-3-7-22-8-4-20/h9-10H,1-8,11H2. The van der Waals surface area contributed by atoms with Crippen LogP contribution in [0.1, 0.15) is 5.69 Å². The van der Waals surface area contributed by atoms with Gasteiger partial charge < -0.3 is 14.4 Å². The molecule has 0 aromatic carbocycles. The van der Waals surface area contributed by atoms with E-state index in [1.807, 2.05) is 6.07 Å². The third-order valence-corrected chi connectivity index (χ3v) is 5.53. The van der Waals surface area contributed by atoms with Gasteiger partial charge in [-0.15, -0.1) is 11.3 Å². The van der Waals surface area contributed by atoms with Crippen LogP contribution in [0, 0.1) is 0 Å². The molecule has 0 radical (unpaired) electrons. The van der Waals surface area contributed by atoms with Crippen molar-refractivity contribution < 1.29 is 9.47 Å². The van der Waals surface area contributed by atoms with E-state index in [1.54, 1.807) is 11.3 Å². The van der Waals surface area contributed by atoms with Crippen LogP contribution in [0.3, 0.4) is 0 Å². The molecule has 0 saturated carbocycles. The molecule has 2 saturated heterocycles. The molecule has 2 aliphatic heterocycles. The summed E-state index contributed by atoms with van der Waals surface area (Å²) in [5, 5.41) is 1.16. The van der Waals surface area contributed by atoms with Gasteiger partial charge in [-0.3, -0.25) is 4.90 Å². The lowest BCUT2D eigenvalue weighted by molar-refractivity contribution is 0.0337. The van der Waals surface area contributed by atoms with E-state index in [1.165, 1.54) is 4.70 Å². The summed E-state index contributed by atoms with van der Waals surface area (Å²) in [5.74, 6) is 1.05. The Balaban J connectivity index is 1.67. The fourth-order valence-corrected chi connectivity index (χ4v) is 4.32. The molecule has 2 aliphatic rings. The summed E-state index contributed by atoms with van der Waals surface area (Å²) in [6, 6.07) is 4.23. The lowest BCUT2D eigenvalue weighted by Crippen LogP contribution is -2.38. The van der Waals surface area contributed by atoms with Crippen molar-refractivity contribution in [2.75, 3.05) is 57.5 Å². The molecule has 2 aromatic heterocycles. The van der Waals surface area contributed by atoms with Crippen molar-refractivity contribution in [3.63, 3.8) is 0 Å². The molecule has 0 N–H and O–H groups in total. The van der Waals surface area contributed by atoms with Crippen molar-refractivity contribution in [1.29, 1.82) is 0 Å². The van der Waals surface area contributed by atoms with Crippen molar-refractivity contribution in [2.24, 2.45) is 0 Å². The number of nitrogens with zero attached hydrogens (tertiary/aromatic N) is 3. The molecule has 4 rings (SSSR count). The highest BCUT2D eigenvalue weighted by atomic mass is 35.5. The third kappa shape index (κ3) is 3.46. The molecule has 0 unspecified atom stereocenters. The first kappa shape index (κ1) is 15.6. The quantitative estimate of drug-likeness (QED) is 0.848. The molecular formula is C16H20ClN3O2S. The summed E-state index contributed by atoms with van der Waals surface area (Å²) >= 11 is 7.89. The maximum atomic E-state index is 6.26. The molecule has 0 amide bonds. The van der Waals surface area contributed by atoms with Gasteiger partial charge in [0.2, 0.25) is 0 Å². The number of morpholine rings is 2. The van der Waals surface area contributed by atoms with Crippen LogP contribution in [0.2, 0.25) is 4.34 Å². The number of aromatic nitrogens is 1. The molecule has 0 atom stereocenters. The average Bonchev–Trinajstić information content (AvgIpc) is 2.96. The van der Waals surface area contributed by atoms with Crippen LogP contribution >= 0.6 is 22.9 Å². The highest BCUT2D eigenvalue weighted by molar-refractivity contribution is 7.22. The zero-order valence-electron chi connectivity index (χ0n) is 13.0. The summed E-state index contributed by atoms with van der Waals surface area (Å²) in [7, 11) is 0. The second kappa shape index (κ2) is 6.91. The van der Waals surface area contributed by atoms with E-state index in [2.05, 4.69) is 15.9 Å². The van der Waals surface area contributed by atoms with E-state index in [4.69, 9.17) is 26.1 Å². The van der Waals surface area contributed by atoms with Gasteiger partial charge in [-0.25, -0.2) is 4.98 Å². The topological polar surface area (TPSA) is 37.8 Å². The monoisotopic (exact) mass is 353 g/mol. The highest BCUT2D eigenvalue weighted by Crippen LogP contribution is 2.35. The van der Waals surface area contributed by atoms with Crippen LogP contribution in [0.5, 0.6) is 0 Å². The average molecular weight is 354 g/mol. The minimum absolute atomic E-state index is 0.759. The predicted octanol–water partition coefficient (Wildman–Crippen LogP) is 2.62. The molecule has 2 aromatic rings. The van der Waals surface area contributed by atoms with Gasteiger partial charge in [-0.05, 0) is 12.1 Å². The SMILES string of the molecule is Clc1cc2c(N3CCOCC3)nc(CN3CCOCC3)cc2s1. The van der Waals surface area contributed by atoms with Gasteiger partial charge in [0.25, 0.3) is 0 Å². The van der Waals surface area contributed by atoms with Gasteiger partial charge in [0, 0.05) is 42.8 Å². The summed E-state index contributed by atoms with van der Waals surface area (Å²) < 4.78 is 12.9. The van der Waals surface area contributed by atoms with Crippen LogP contribution in [-0.2, 0) is 16.0 Å². The summed E-state index contributed by atoms with van der Waals surface area (Å²) in [4.78, 5) is 9.68. The number of hydrogen-bond donors (Lipinski definition) is 0. The number of rotatable bonds is 3. The van der Waals surface area contributed by atoms with Gasteiger partial charge in [-0.1, -0.05) is 11.6 Å². The molecule has 7 heteroatoms. The molecule has 23 heavy (non-hydrogen) atoms. The zero-order chi connectivity index (χ0) is 15.6. The van der Waals surface area contributed by atoms with Crippen LogP contribution < -0.4 is 4.90 Å². The van der Waals surface area contributed by atoms with Crippen molar-refractivity contribution in [3.05, 3.63) is 22.2 Å². The fraction of sp³-hybridized carbons (Fsp3) is 0.562. The summed E-state index contributed by atoms with van der Waals surface area (Å²) in [6.45, 7) is 7.71. The number of hydrogen-bond acceptors (Lipinski definition) is 6. The number of pyridine rings is 1. The molecule has 0 spiro atoms. The molecule has 2 fully saturated rings. The summed E-state index contributed by atoms with van der Waals surface area (Å²) in [5.41, 5.74) is 1.11. The Kier molecular flexibility index (Phi) is 4.68. The maximum absolute atomic E-state index is 6.26. The Morgan fingerprint density at radius 1 is 1.04 bits per heavy atom. The Hall–Kier alpha value is -0.920. The van der Waals surface area contributed by atoms with E-state index in [0.29, 0.717) is 0 Å². The smallest absolute Gasteiger partial charge is 0.137 e. The van der Waals surface area contributed by atoms with Gasteiger partial charge in [0.15, 0.2) is 0 Å². The Morgan fingerprint density at radius 3 is 2.48 bits per heavy atom. The molecular weight excluding hydrogens is 334 g/mol. The number of halogens is 1. The molecule has 0 aliphatic carbocycles. The minimum Gasteiger partial charge on any atom is -0.379 e. The normalized spacial score (nSPS) is 20.3. The molecule has 0 bridgehead atoms. The van der Waals surface area contributed by atoms with Gasteiger partial charge in [0.05, 0.1) is 36.5 Å². The number of anilines is 1. The number of ether oxygens (including phenoxy) is 2. The Bertz CT molecular complexity index is 681. The van der Waals surface area contributed by atoms with Gasteiger partial charge in [0.1, 0.15) is 5.82 Å².